The molecule has 0 unspecified atom stereocenters. The average molecular weight is 399 g/mol. The van der Waals surface area contributed by atoms with Gasteiger partial charge in [-0.05, 0) is 56.8 Å². The fourth-order valence-electron chi connectivity index (χ4n) is 2.93. The van der Waals surface area contributed by atoms with Gasteiger partial charge < -0.3 is 10.3 Å². The monoisotopic (exact) mass is 397 g/mol. The zero-order valence-corrected chi connectivity index (χ0v) is 14.5. The number of rotatable bonds is 2. The standard InChI is InChI=1S/C15H17Br2N3/c1-20-14(18)13(10-6-7-11(16)12(17)8-10)19-15(20)9-4-2-3-5-9/h6-9H,2-5,18H2,1H3. The Morgan fingerprint density at radius 2 is 1.90 bits per heavy atom. The van der Waals surface area contributed by atoms with Crippen molar-refractivity contribution < 1.29 is 0 Å². The number of anilines is 1. The lowest BCUT2D eigenvalue weighted by molar-refractivity contribution is 0.635. The Labute approximate surface area is 135 Å². The van der Waals surface area contributed by atoms with Gasteiger partial charge in [0.1, 0.15) is 17.3 Å². The van der Waals surface area contributed by atoms with E-state index < -0.39 is 0 Å². The molecule has 1 aromatic heterocycles. The highest BCUT2D eigenvalue weighted by atomic mass is 79.9. The van der Waals surface area contributed by atoms with Crippen LogP contribution in [0.5, 0.6) is 0 Å². The van der Waals surface area contributed by atoms with Crippen LogP contribution in [-0.4, -0.2) is 9.55 Å². The second-order valence-corrected chi connectivity index (χ2v) is 7.08. The minimum Gasteiger partial charge on any atom is -0.383 e. The number of nitrogens with two attached hydrogens (primary N) is 1. The van der Waals surface area contributed by atoms with E-state index >= 15 is 0 Å². The highest BCUT2D eigenvalue weighted by Gasteiger charge is 2.24. The third-order valence-corrected chi connectivity index (χ3v) is 5.97. The average Bonchev–Trinajstić information content (AvgIpc) is 3.04. The van der Waals surface area contributed by atoms with E-state index in [0.29, 0.717) is 5.92 Å². The van der Waals surface area contributed by atoms with Crippen molar-refractivity contribution in [3.8, 4) is 11.3 Å². The topological polar surface area (TPSA) is 43.8 Å². The van der Waals surface area contributed by atoms with Crippen molar-refractivity contribution >= 4 is 37.7 Å². The number of hydrogen-bond donors (Lipinski definition) is 1. The van der Waals surface area contributed by atoms with E-state index in [2.05, 4.69) is 42.5 Å². The maximum atomic E-state index is 6.26. The molecule has 2 aromatic rings. The van der Waals surface area contributed by atoms with E-state index in [1.54, 1.807) is 0 Å². The molecule has 5 heteroatoms. The molecule has 3 rings (SSSR count). The molecule has 1 fully saturated rings. The lowest BCUT2D eigenvalue weighted by Gasteiger charge is -2.08. The molecule has 2 N–H and O–H groups in total. The molecular formula is C15H17Br2N3. The molecule has 0 radical (unpaired) electrons. The zero-order valence-electron chi connectivity index (χ0n) is 11.4. The number of aromatic nitrogens is 2. The molecule has 0 atom stereocenters. The number of nitrogens with zero attached hydrogens (tertiary/aromatic N) is 2. The molecule has 1 aliphatic rings. The van der Waals surface area contributed by atoms with Crippen molar-refractivity contribution in [3.63, 3.8) is 0 Å². The molecule has 1 aromatic carbocycles. The summed E-state index contributed by atoms with van der Waals surface area (Å²) in [5.41, 5.74) is 8.21. The summed E-state index contributed by atoms with van der Waals surface area (Å²) >= 11 is 7.03. The predicted octanol–water partition coefficient (Wildman–Crippen LogP) is 4.85. The van der Waals surface area contributed by atoms with Crippen molar-refractivity contribution in [2.45, 2.75) is 31.6 Å². The highest BCUT2D eigenvalue weighted by Crippen LogP contribution is 2.37. The summed E-state index contributed by atoms with van der Waals surface area (Å²) in [7, 11) is 2.02. The van der Waals surface area contributed by atoms with Crippen LogP contribution in [0.2, 0.25) is 0 Å². The lowest BCUT2D eigenvalue weighted by Crippen LogP contribution is -2.05. The number of hydrogen-bond acceptors (Lipinski definition) is 2. The Morgan fingerprint density at radius 1 is 1.20 bits per heavy atom. The first kappa shape index (κ1) is 14.1. The van der Waals surface area contributed by atoms with Crippen LogP contribution in [0.25, 0.3) is 11.3 Å². The summed E-state index contributed by atoms with van der Waals surface area (Å²) in [5.74, 6) is 2.45. The fourth-order valence-corrected chi connectivity index (χ4v) is 3.56. The number of benzene rings is 1. The van der Waals surface area contributed by atoms with Gasteiger partial charge in [0.25, 0.3) is 0 Å². The van der Waals surface area contributed by atoms with E-state index in [0.717, 1.165) is 31.8 Å². The molecule has 1 saturated carbocycles. The third-order valence-electron chi connectivity index (χ3n) is 4.09. The van der Waals surface area contributed by atoms with E-state index in [9.17, 15) is 0 Å². The third kappa shape index (κ3) is 2.42. The molecule has 0 aliphatic heterocycles. The lowest BCUT2D eigenvalue weighted by atomic mass is 10.1. The smallest absolute Gasteiger partial charge is 0.131 e. The summed E-state index contributed by atoms with van der Waals surface area (Å²) in [6.45, 7) is 0. The fraction of sp³-hybridized carbons (Fsp3) is 0.400. The molecule has 20 heavy (non-hydrogen) atoms. The number of halogens is 2. The highest BCUT2D eigenvalue weighted by molar-refractivity contribution is 9.13. The molecule has 0 amide bonds. The Bertz CT molecular complexity index is 643. The van der Waals surface area contributed by atoms with E-state index in [4.69, 9.17) is 10.7 Å². The van der Waals surface area contributed by atoms with Crippen LogP contribution in [0.3, 0.4) is 0 Å². The summed E-state index contributed by atoms with van der Waals surface area (Å²) < 4.78 is 4.11. The van der Waals surface area contributed by atoms with Crippen LogP contribution in [0.15, 0.2) is 27.1 Å². The van der Waals surface area contributed by atoms with Gasteiger partial charge in [-0.1, -0.05) is 18.9 Å². The van der Waals surface area contributed by atoms with E-state index in [1.165, 1.54) is 25.7 Å². The Kier molecular flexibility index (Phi) is 3.91. The number of imidazole rings is 1. The van der Waals surface area contributed by atoms with Crippen LogP contribution < -0.4 is 5.73 Å². The first-order chi connectivity index (χ1) is 9.58. The molecule has 0 spiro atoms. The molecule has 3 nitrogen and oxygen atoms in total. The summed E-state index contributed by atoms with van der Waals surface area (Å²) in [6.07, 6.45) is 5.06. The van der Waals surface area contributed by atoms with Gasteiger partial charge in [0.2, 0.25) is 0 Å². The molecule has 106 valence electrons. The molecule has 0 saturated heterocycles. The summed E-state index contributed by atoms with van der Waals surface area (Å²) in [5, 5.41) is 0. The van der Waals surface area contributed by atoms with E-state index in [1.807, 2.05) is 19.2 Å². The van der Waals surface area contributed by atoms with Crippen LogP contribution in [-0.2, 0) is 7.05 Å². The molecule has 1 heterocycles. The van der Waals surface area contributed by atoms with Crippen molar-refractivity contribution in [3.05, 3.63) is 33.0 Å². The van der Waals surface area contributed by atoms with Gasteiger partial charge in [-0.2, -0.15) is 0 Å². The van der Waals surface area contributed by atoms with E-state index in [-0.39, 0.29) is 0 Å². The van der Waals surface area contributed by atoms with Gasteiger partial charge in [-0.25, -0.2) is 4.98 Å². The van der Waals surface area contributed by atoms with Crippen LogP contribution in [0.1, 0.15) is 37.4 Å². The van der Waals surface area contributed by atoms with Crippen molar-refractivity contribution in [1.82, 2.24) is 9.55 Å². The maximum Gasteiger partial charge on any atom is 0.131 e. The Hall–Kier alpha value is -0.810. The Morgan fingerprint density at radius 3 is 2.55 bits per heavy atom. The van der Waals surface area contributed by atoms with Gasteiger partial charge in [-0.3, -0.25) is 0 Å². The Balaban J connectivity index is 2.05. The first-order valence-corrected chi connectivity index (χ1v) is 8.44. The second-order valence-electron chi connectivity index (χ2n) is 5.37. The second kappa shape index (κ2) is 5.53. The van der Waals surface area contributed by atoms with Gasteiger partial charge >= 0.3 is 0 Å². The van der Waals surface area contributed by atoms with Crippen molar-refractivity contribution in [2.75, 3.05) is 5.73 Å². The largest absolute Gasteiger partial charge is 0.383 e. The maximum absolute atomic E-state index is 6.26. The first-order valence-electron chi connectivity index (χ1n) is 6.85. The van der Waals surface area contributed by atoms with Gasteiger partial charge in [0.05, 0.1) is 0 Å². The van der Waals surface area contributed by atoms with Gasteiger partial charge in [0, 0.05) is 27.5 Å². The SMILES string of the molecule is Cn1c(C2CCCC2)nc(-c2ccc(Br)c(Br)c2)c1N. The van der Waals surface area contributed by atoms with Gasteiger partial charge in [0.15, 0.2) is 0 Å². The van der Waals surface area contributed by atoms with Crippen LogP contribution in [0, 0.1) is 0 Å². The quantitative estimate of drug-likeness (QED) is 0.785. The van der Waals surface area contributed by atoms with Crippen LogP contribution in [0.4, 0.5) is 5.82 Å². The van der Waals surface area contributed by atoms with Gasteiger partial charge in [-0.15, -0.1) is 0 Å². The molecule has 0 bridgehead atoms. The zero-order chi connectivity index (χ0) is 14.3. The normalized spacial score (nSPS) is 15.9. The minimum absolute atomic E-state index is 0.565. The van der Waals surface area contributed by atoms with Crippen LogP contribution >= 0.6 is 31.9 Å². The summed E-state index contributed by atoms with van der Waals surface area (Å²) in [4.78, 5) is 4.83. The summed E-state index contributed by atoms with van der Waals surface area (Å²) in [6, 6.07) is 6.12. The minimum atomic E-state index is 0.565. The molecular weight excluding hydrogens is 382 g/mol. The van der Waals surface area contributed by atoms with Crippen molar-refractivity contribution in [2.24, 2.45) is 7.05 Å². The van der Waals surface area contributed by atoms with Crippen molar-refractivity contribution in [1.29, 1.82) is 0 Å². The predicted molar refractivity (Wildman–Crippen MR) is 89.7 cm³/mol. The number of nitrogen functional groups attached to an aromatic ring is 1. The molecule has 1 aliphatic carbocycles.